The number of fused-ring (bicyclic) bond motifs is 3. The van der Waals surface area contributed by atoms with Crippen LogP contribution in [0.3, 0.4) is 0 Å². The van der Waals surface area contributed by atoms with Crippen LogP contribution >= 0.6 is 0 Å². The second kappa shape index (κ2) is 6.12. The van der Waals surface area contributed by atoms with Crippen LogP contribution in [-0.2, 0) is 25.7 Å². The molecule has 3 aromatic carbocycles. The van der Waals surface area contributed by atoms with Gasteiger partial charge in [-0.2, -0.15) is 0 Å². The first-order chi connectivity index (χ1) is 10.8. The average Bonchev–Trinajstić information content (AvgIpc) is 2.58. The summed E-state index contributed by atoms with van der Waals surface area (Å²) in [5.41, 5.74) is 6.34. The normalized spacial score (nSPS) is 11.5. The van der Waals surface area contributed by atoms with Crippen molar-refractivity contribution < 1.29 is 0 Å². The van der Waals surface area contributed by atoms with Crippen molar-refractivity contribution in [2.45, 2.75) is 53.4 Å². The lowest BCUT2D eigenvalue weighted by atomic mass is 9.83. The Balaban J connectivity index is 2.60. The Bertz CT molecular complexity index is 824. The van der Waals surface area contributed by atoms with Gasteiger partial charge >= 0.3 is 0 Å². The Kier molecular flexibility index (Phi) is 4.20. The maximum absolute atomic E-state index is 2.36. The van der Waals surface area contributed by atoms with Crippen molar-refractivity contribution in [1.82, 2.24) is 0 Å². The van der Waals surface area contributed by atoms with Crippen molar-refractivity contribution in [1.29, 1.82) is 0 Å². The minimum Gasteiger partial charge on any atom is -0.0616 e. The number of benzene rings is 3. The molecule has 0 atom stereocenters. The van der Waals surface area contributed by atoms with Gasteiger partial charge in [-0.15, -0.1) is 0 Å². The highest BCUT2D eigenvalue weighted by atomic mass is 14.2. The van der Waals surface area contributed by atoms with E-state index >= 15 is 0 Å². The predicted molar refractivity (Wildman–Crippen MR) is 99.0 cm³/mol. The van der Waals surface area contributed by atoms with E-state index in [1.165, 1.54) is 21.5 Å². The molecule has 3 aromatic rings. The Labute approximate surface area is 134 Å². The minimum absolute atomic E-state index is 1.12. The van der Waals surface area contributed by atoms with Gasteiger partial charge in [0, 0.05) is 0 Å². The smallest absolute Gasteiger partial charge is 0.00677 e. The maximum atomic E-state index is 2.36. The Hall–Kier alpha value is -1.82. The van der Waals surface area contributed by atoms with Crippen LogP contribution in [0.4, 0.5) is 0 Å². The van der Waals surface area contributed by atoms with E-state index in [1.54, 1.807) is 22.3 Å². The topological polar surface area (TPSA) is 0 Å². The molecule has 0 N–H and O–H groups in total. The fraction of sp³-hybridized carbons (Fsp3) is 0.364. The molecule has 0 saturated carbocycles. The van der Waals surface area contributed by atoms with E-state index in [1.807, 2.05) is 0 Å². The summed E-state index contributed by atoms with van der Waals surface area (Å²) in [7, 11) is 0. The SMILES string of the molecule is CCc1c(CC)c(CC)c2c(ccc3ccccc32)c1CC. The van der Waals surface area contributed by atoms with Gasteiger partial charge in [0.15, 0.2) is 0 Å². The number of aryl methyl sites for hydroxylation is 2. The monoisotopic (exact) mass is 290 g/mol. The summed E-state index contributed by atoms with van der Waals surface area (Å²) in [6.45, 7) is 9.22. The summed E-state index contributed by atoms with van der Waals surface area (Å²) in [5, 5.41) is 5.76. The molecule has 0 saturated heterocycles. The molecule has 0 aliphatic heterocycles. The van der Waals surface area contributed by atoms with E-state index < -0.39 is 0 Å². The summed E-state index contributed by atoms with van der Waals surface area (Å²) < 4.78 is 0. The van der Waals surface area contributed by atoms with Crippen molar-refractivity contribution in [3.63, 3.8) is 0 Å². The van der Waals surface area contributed by atoms with Gasteiger partial charge in [0.1, 0.15) is 0 Å². The summed E-state index contributed by atoms with van der Waals surface area (Å²) >= 11 is 0. The fourth-order valence-electron chi connectivity index (χ4n) is 4.17. The molecule has 0 aliphatic rings. The molecule has 0 bridgehead atoms. The van der Waals surface area contributed by atoms with Gasteiger partial charge in [0.25, 0.3) is 0 Å². The second-order valence-corrected chi connectivity index (χ2v) is 6.04. The molecule has 114 valence electrons. The average molecular weight is 290 g/mol. The van der Waals surface area contributed by atoms with Crippen LogP contribution in [0.5, 0.6) is 0 Å². The third kappa shape index (κ3) is 2.13. The number of hydrogen-bond acceptors (Lipinski definition) is 0. The van der Waals surface area contributed by atoms with Crippen LogP contribution in [0.15, 0.2) is 36.4 Å². The van der Waals surface area contributed by atoms with Crippen LogP contribution in [-0.4, -0.2) is 0 Å². The molecule has 0 nitrogen and oxygen atoms in total. The zero-order valence-corrected chi connectivity index (χ0v) is 14.3. The lowest BCUT2D eigenvalue weighted by molar-refractivity contribution is 0.961. The van der Waals surface area contributed by atoms with E-state index in [-0.39, 0.29) is 0 Å². The van der Waals surface area contributed by atoms with Gasteiger partial charge in [0.2, 0.25) is 0 Å². The molecule has 0 fully saturated rings. The third-order valence-corrected chi connectivity index (χ3v) is 5.06. The molecule has 0 spiro atoms. The van der Waals surface area contributed by atoms with Crippen LogP contribution in [0.25, 0.3) is 21.5 Å². The first kappa shape index (κ1) is 15.1. The van der Waals surface area contributed by atoms with Gasteiger partial charge in [-0.1, -0.05) is 64.1 Å². The lowest BCUT2D eigenvalue weighted by Gasteiger charge is -2.21. The third-order valence-electron chi connectivity index (χ3n) is 5.06. The van der Waals surface area contributed by atoms with Crippen molar-refractivity contribution in [3.05, 3.63) is 58.7 Å². The standard InChI is InChI=1S/C22H26/c1-5-16-17(6-2)19(8-4)22-20-12-10-9-11-15(20)13-14-21(22)18(16)7-3/h9-14H,5-8H2,1-4H3. The quantitative estimate of drug-likeness (QED) is 0.499. The largest absolute Gasteiger partial charge is 0.0616 e. The molecule has 0 heterocycles. The van der Waals surface area contributed by atoms with Crippen LogP contribution in [0, 0.1) is 0 Å². The highest BCUT2D eigenvalue weighted by molar-refractivity contribution is 6.11. The van der Waals surface area contributed by atoms with Crippen LogP contribution in [0.2, 0.25) is 0 Å². The summed E-state index contributed by atoms with van der Waals surface area (Å²) in [6, 6.07) is 13.5. The lowest BCUT2D eigenvalue weighted by Crippen LogP contribution is -2.05. The minimum atomic E-state index is 1.12. The zero-order chi connectivity index (χ0) is 15.7. The van der Waals surface area contributed by atoms with Crippen LogP contribution in [0.1, 0.15) is 49.9 Å². The van der Waals surface area contributed by atoms with E-state index in [4.69, 9.17) is 0 Å². The van der Waals surface area contributed by atoms with Gasteiger partial charge in [0.05, 0.1) is 0 Å². The molecule has 0 unspecified atom stereocenters. The number of rotatable bonds is 4. The van der Waals surface area contributed by atoms with Gasteiger partial charge in [-0.05, 0) is 69.5 Å². The molecule has 0 radical (unpaired) electrons. The van der Waals surface area contributed by atoms with Gasteiger partial charge < -0.3 is 0 Å². The van der Waals surface area contributed by atoms with Crippen molar-refractivity contribution in [2.24, 2.45) is 0 Å². The first-order valence-corrected chi connectivity index (χ1v) is 8.73. The number of hydrogen-bond donors (Lipinski definition) is 0. The highest BCUT2D eigenvalue weighted by Gasteiger charge is 2.17. The van der Waals surface area contributed by atoms with E-state index in [0.717, 1.165) is 25.7 Å². The van der Waals surface area contributed by atoms with Crippen LogP contribution < -0.4 is 0 Å². The van der Waals surface area contributed by atoms with E-state index in [9.17, 15) is 0 Å². The van der Waals surface area contributed by atoms with Gasteiger partial charge in [-0.3, -0.25) is 0 Å². The molecular formula is C22H26. The second-order valence-electron chi connectivity index (χ2n) is 6.04. The summed E-state index contributed by atoms with van der Waals surface area (Å²) in [4.78, 5) is 0. The zero-order valence-electron chi connectivity index (χ0n) is 14.3. The van der Waals surface area contributed by atoms with E-state index in [0.29, 0.717) is 0 Å². The predicted octanol–water partition coefficient (Wildman–Crippen LogP) is 6.24. The molecule has 0 heteroatoms. The highest BCUT2D eigenvalue weighted by Crippen LogP contribution is 2.36. The molecule has 3 rings (SSSR count). The fourth-order valence-corrected chi connectivity index (χ4v) is 4.17. The Morgan fingerprint density at radius 1 is 0.545 bits per heavy atom. The van der Waals surface area contributed by atoms with E-state index in [2.05, 4.69) is 64.1 Å². The molecule has 22 heavy (non-hydrogen) atoms. The Morgan fingerprint density at radius 2 is 1.14 bits per heavy atom. The molecule has 0 aromatic heterocycles. The molecular weight excluding hydrogens is 264 g/mol. The molecule has 0 aliphatic carbocycles. The summed E-state index contributed by atoms with van der Waals surface area (Å²) in [5.74, 6) is 0. The van der Waals surface area contributed by atoms with Crippen molar-refractivity contribution in [2.75, 3.05) is 0 Å². The Morgan fingerprint density at radius 3 is 1.77 bits per heavy atom. The van der Waals surface area contributed by atoms with Gasteiger partial charge in [-0.25, -0.2) is 0 Å². The maximum Gasteiger partial charge on any atom is -0.00677 e. The van der Waals surface area contributed by atoms with Crippen molar-refractivity contribution >= 4 is 21.5 Å². The summed E-state index contributed by atoms with van der Waals surface area (Å²) in [6.07, 6.45) is 4.51. The molecule has 0 amide bonds. The first-order valence-electron chi connectivity index (χ1n) is 8.73. The van der Waals surface area contributed by atoms with Crippen molar-refractivity contribution in [3.8, 4) is 0 Å².